The van der Waals surface area contributed by atoms with Crippen LogP contribution in [0.3, 0.4) is 0 Å². The minimum Gasteiger partial charge on any atom is -0.508 e. The van der Waals surface area contributed by atoms with Gasteiger partial charge in [0.2, 0.25) is 0 Å². The fourth-order valence-corrected chi connectivity index (χ4v) is 2.46. The Morgan fingerprint density at radius 1 is 1.09 bits per heavy atom. The molecule has 0 radical (unpaired) electrons. The standard InChI is InChI=1S/C16H10Cl2N2O3/c17-11-5-2-6-12(18)15(11)19-16(22)13-8-14(23-20-13)9-3-1-4-10(21)7-9/h1-8,21H,(H,19,22). The number of nitrogens with zero attached hydrogens (tertiary/aromatic N) is 1. The summed E-state index contributed by atoms with van der Waals surface area (Å²) in [5.74, 6) is -0.0563. The van der Waals surface area contributed by atoms with Gasteiger partial charge in [-0.2, -0.15) is 0 Å². The molecule has 0 saturated heterocycles. The third kappa shape index (κ3) is 3.31. The van der Waals surface area contributed by atoms with Crippen LogP contribution in [0.2, 0.25) is 10.0 Å². The Hall–Kier alpha value is -2.50. The topological polar surface area (TPSA) is 75.4 Å². The lowest BCUT2D eigenvalue weighted by Gasteiger charge is -2.06. The number of hydrogen-bond donors (Lipinski definition) is 2. The van der Waals surface area contributed by atoms with Crippen LogP contribution in [0.4, 0.5) is 5.69 Å². The number of carbonyl (C=O) groups is 1. The van der Waals surface area contributed by atoms with Crippen LogP contribution in [-0.2, 0) is 0 Å². The Kier molecular flexibility index (Phi) is 4.23. The molecule has 7 heteroatoms. The van der Waals surface area contributed by atoms with Crippen LogP contribution < -0.4 is 5.32 Å². The van der Waals surface area contributed by atoms with Gasteiger partial charge in [0, 0.05) is 11.6 Å². The number of nitrogens with one attached hydrogen (secondary N) is 1. The van der Waals surface area contributed by atoms with Gasteiger partial charge in [-0.25, -0.2) is 0 Å². The van der Waals surface area contributed by atoms with E-state index in [1.807, 2.05) is 0 Å². The predicted molar refractivity (Wildman–Crippen MR) is 88.0 cm³/mol. The van der Waals surface area contributed by atoms with Gasteiger partial charge in [-0.05, 0) is 24.3 Å². The quantitative estimate of drug-likeness (QED) is 0.724. The summed E-state index contributed by atoms with van der Waals surface area (Å²) in [6.07, 6.45) is 0. The van der Waals surface area contributed by atoms with Crippen LogP contribution in [0.5, 0.6) is 5.75 Å². The molecule has 0 saturated carbocycles. The Morgan fingerprint density at radius 3 is 2.48 bits per heavy atom. The second-order valence-corrected chi connectivity index (χ2v) is 5.49. The molecule has 116 valence electrons. The van der Waals surface area contributed by atoms with E-state index in [1.165, 1.54) is 18.2 Å². The van der Waals surface area contributed by atoms with Gasteiger partial charge in [0.1, 0.15) is 5.75 Å². The fourth-order valence-electron chi connectivity index (χ4n) is 1.97. The van der Waals surface area contributed by atoms with E-state index in [9.17, 15) is 9.90 Å². The van der Waals surface area contributed by atoms with Gasteiger partial charge in [0.05, 0.1) is 15.7 Å². The second kappa shape index (κ2) is 6.32. The smallest absolute Gasteiger partial charge is 0.277 e. The lowest BCUT2D eigenvalue weighted by atomic mass is 10.1. The maximum Gasteiger partial charge on any atom is 0.277 e. The lowest BCUT2D eigenvalue weighted by Crippen LogP contribution is -2.12. The summed E-state index contributed by atoms with van der Waals surface area (Å²) in [6, 6.07) is 12.8. The first-order valence-corrected chi connectivity index (χ1v) is 7.31. The first-order chi connectivity index (χ1) is 11.0. The molecule has 0 bridgehead atoms. The van der Waals surface area contributed by atoms with Gasteiger partial charge in [-0.15, -0.1) is 0 Å². The first kappa shape index (κ1) is 15.4. The average molecular weight is 349 g/mol. The SMILES string of the molecule is O=C(Nc1c(Cl)cccc1Cl)c1cc(-c2cccc(O)c2)on1. The molecule has 0 spiro atoms. The van der Waals surface area contributed by atoms with Crippen molar-refractivity contribution in [3.05, 3.63) is 64.3 Å². The number of benzene rings is 2. The van der Waals surface area contributed by atoms with Crippen LogP contribution in [0.15, 0.2) is 53.1 Å². The third-order valence-corrected chi connectivity index (χ3v) is 3.70. The van der Waals surface area contributed by atoms with Gasteiger partial charge < -0.3 is 14.9 Å². The normalized spacial score (nSPS) is 10.5. The maximum absolute atomic E-state index is 12.2. The van der Waals surface area contributed by atoms with Gasteiger partial charge in [0.25, 0.3) is 5.91 Å². The molecule has 0 fully saturated rings. The molecule has 1 aromatic heterocycles. The van der Waals surface area contributed by atoms with E-state index in [2.05, 4.69) is 10.5 Å². The number of hydrogen-bond acceptors (Lipinski definition) is 4. The molecule has 2 aromatic carbocycles. The van der Waals surface area contributed by atoms with E-state index in [1.54, 1.807) is 30.3 Å². The number of halogens is 2. The lowest BCUT2D eigenvalue weighted by molar-refractivity contribution is 0.101. The monoisotopic (exact) mass is 348 g/mol. The molecule has 0 atom stereocenters. The first-order valence-electron chi connectivity index (χ1n) is 6.56. The fraction of sp³-hybridized carbons (Fsp3) is 0. The summed E-state index contributed by atoms with van der Waals surface area (Å²) in [6.45, 7) is 0. The van der Waals surface area contributed by atoms with Crippen LogP contribution in [0.25, 0.3) is 11.3 Å². The number of amides is 1. The average Bonchev–Trinajstić information content (AvgIpc) is 3.01. The minimum atomic E-state index is -0.504. The molecular weight excluding hydrogens is 339 g/mol. The zero-order valence-corrected chi connectivity index (χ0v) is 13.1. The van der Waals surface area contributed by atoms with Gasteiger partial charge in [-0.1, -0.05) is 46.6 Å². The summed E-state index contributed by atoms with van der Waals surface area (Å²) >= 11 is 12.0. The van der Waals surface area contributed by atoms with E-state index >= 15 is 0 Å². The molecule has 1 heterocycles. The zero-order valence-electron chi connectivity index (χ0n) is 11.6. The molecule has 0 aliphatic rings. The molecule has 2 N–H and O–H groups in total. The van der Waals surface area contributed by atoms with E-state index in [0.717, 1.165) is 0 Å². The molecule has 0 aliphatic heterocycles. The van der Waals surface area contributed by atoms with Crippen LogP contribution in [-0.4, -0.2) is 16.2 Å². The highest BCUT2D eigenvalue weighted by Crippen LogP contribution is 2.30. The summed E-state index contributed by atoms with van der Waals surface area (Å²) in [5.41, 5.74) is 0.981. The Morgan fingerprint density at radius 2 is 1.78 bits per heavy atom. The van der Waals surface area contributed by atoms with E-state index in [-0.39, 0.29) is 11.4 Å². The molecule has 0 unspecified atom stereocenters. The molecule has 23 heavy (non-hydrogen) atoms. The van der Waals surface area contributed by atoms with Crippen molar-refractivity contribution in [2.45, 2.75) is 0 Å². The predicted octanol–water partition coefficient (Wildman–Crippen LogP) is 4.61. The molecule has 5 nitrogen and oxygen atoms in total. The van der Waals surface area contributed by atoms with Crippen molar-refractivity contribution in [1.29, 1.82) is 0 Å². The van der Waals surface area contributed by atoms with Crippen molar-refractivity contribution in [1.82, 2.24) is 5.16 Å². The van der Waals surface area contributed by atoms with Crippen molar-refractivity contribution in [2.75, 3.05) is 5.32 Å². The van der Waals surface area contributed by atoms with Crippen molar-refractivity contribution < 1.29 is 14.4 Å². The highest BCUT2D eigenvalue weighted by atomic mass is 35.5. The van der Waals surface area contributed by atoms with E-state index in [0.29, 0.717) is 27.1 Å². The van der Waals surface area contributed by atoms with E-state index in [4.69, 9.17) is 27.7 Å². The number of phenolic OH excluding ortho intramolecular Hbond substituents is 1. The van der Waals surface area contributed by atoms with Gasteiger partial charge in [0.15, 0.2) is 11.5 Å². The van der Waals surface area contributed by atoms with Crippen LogP contribution >= 0.6 is 23.2 Å². The Bertz CT molecular complexity index is 857. The Balaban J connectivity index is 1.84. The largest absolute Gasteiger partial charge is 0.508 e. The van der Waals surface area contributed by atoms with E-state index < -0.39 is 5.91 Å². The summed E-state index contributed by atoms with van der Waals surface area (Å²) < 4.78 is 5.14. The van der Waals surface area contributed by atoms with Crippen molar-refractivity contribution >= 4 is 34.8 Å². The molecule has 3 aromatic rings. The third-order valence-electron chi connectivity index (χ3n) is 3.07. The highest BCUT2D eigenvalue weighted by molar-refractivity contribution is 6.40. The number of anilines is 1. The van der Waals surface area contributed by atoms with Gasteiger partial charge >= 0.3 is 0 Å². The number of phenols is 1. The number of para-hydroxylation sites is 1. The maximum atomic E-state index is 12.2. The molecule has 1 amide bonds. The summed E-state index contributed by atoms with van der Waals surface area (Å²) in [7, 11) is 0. The zero-order chi connectivity index (χ0) is 16.4. The molecule has 0 aliphatic carbocycles. The molecular formula is C16H10Cl2N2O3. The number of rotatable bonds is 3. The van der Waals surface area contributed by atoms with Crippen molar-refractivity contribution in [3.8, 4) is 17.1 Å². The minimum absolute atomic E-state index is 0.0688. The summed E-state index contributed by atoms with van der Waals surface area (Å²) in [5, 5.41) is 16.4. The highest BCUT2D eigenvalue weighted by Gasteiger charge is 2.16. The number of aromatic nitrogens is 1. The second-order valence-electron chi connectivity index (χ2n) is 4.68. The van der Waals surface area contributed by atoms with Crippen LogP contribution in [0.1, 0.15) is 10.5 Å². The van der Waals surface area contributed by atoms with Gasteiger partial charge in [-0.3, -0.25) is 4.79 Å². The van der Waals surface area contributed by atoms with Crippen molar-refractivity contribution in [2.24, 2.45) is 0 Å². The van der Waals surface area contributed by atoms with Crippen LogP contribution in [0, 0.1) is 0 Å². The number of carbonyl (C=O) groups excluding carboxylic acids is 1. The number of aromatic hydroxyl groups is 1. The Labute approximate surface area is 141 Å². The molecule has 3 rings (SSSR count). The summed E-state index contributed by atoms with van der Waals surface area (Å²) in [4.78, 5) is 12.2. The van der Waals surface area contributed by atoms with Crippen molar-refractivity contribution in [3.63, 3.8) is 0 Å².